The van der Waals surface area contributed by atoms with Crippen LogP contribution in [0.5, 0.6) is 5.75 Å². The lowest BCUT2D eigenvalue weighted by atomic mass is 9.60. The van der Waals surface area contributed by atoms with Crippen molar-refractivity contribution in [3.05, 3.63) is 29.0 Å². The second-order valence-corrected chi connectivity index (χ2v) is 9.77. The molecule has 3 aliphatic carbocycles. The molecule has 1 heterocycles. The van der Waals surface area contributed by atoms with Crippen LogP contribution >= 0.6 is 23.4 Å². The molecule has 2 bridgehead atoms. The zero-order chi connectivity index (χ0) is 21.4. The van der Waals surface area contributed by atoms with E-state index < -0.39 is 23.0 Å². The fourth-order valence-electron chi connectivity index (χ4n) is 4.61. The molecule has 4 fully saturated rings. The van der Waals surface area contributed by atoms with E-state index in [0.29, 0.717) is 32.1 Å². The lowest BCUT2D eigenvalue weighted by Crippen LogP contribution is -2.71. The Kier molecular flexibility index (Phi) is 6.16. The Morgan fingerprint density at radius 3 is 2.70 bits per heavy atom. The van der Waals surface area contributed by atoms with Gasteiger partial charge in [0.2, 0.25) is 5.91 Å². The molecule has 1 aromatic carbocycles. The number of carbonyl (C=O) groups excluding carboxylic acids is 2. The number of aliphatic hydroxyl groups excluding tert-OH is 1. The molecule has 2 atom stereocenters. The molecule has 30 heavy (non-hydrogen) atoms. The van der Waals surface area contributed by atoms with Crippen LogP contribution in [0.1, 0.15) is 32.1 Å². The van der Waals surface area contributed by atoms with Crippen LogP contribution in [0.2, 0.25) is 5.02 Å². The van der Waals surface area contributed by atoms with Crippen LogP contribution < -0.4 is 20.7 Å². The van der Waals surface area contributed by atoms with Crippen molar-refractivity contribution < 1.29 is 23.8 Å². The summed E-state index contributed by atoms with van der Waals surface area (Å²) in [6, 6.07) is 3.78. The third-order valence-corrected chi connectivity index (χ3v) is 7.64. The van der Waals surface area contributed by atoms with E-state index in [1.165, 1.54) is 12.1 Å². The van der Waals surface area contributed by atoms with Gasteiger partial charge in [0.1, 0.15) is 11.6 Å². The predicted molar refractivity (Wildman–Crippen MR) is 112 cm³/mol. The highest BCUT2D eigenvalue weighted by Crippen LogP contribution is 2.47. The van der Waals surface area contributed by atoms with Crippen molar-refractivity contribution in [3.8, 4) is 5.75 Å². The number of amides is 2. The Hall–Kier alpha value is -1.55. The zero-order valence-corrected chi connectivity index (χ0v) is 18.0. The van der Waals surface area contributed by atoms with E-state index in [2.05, 4.69) is 16.0 Å². The Bertz CT molecular complexity index is 828. The Morgan fingerprint density at radius 1 is 1.30 bits per heavy atom. The first kappa shape index (κ1) is 21.7. The smallest absolute Gasteiger partial charge is 0.258 e. The molecule has 4 N–H and O–H groups in total. The number of aliphatic hydroxyl groups is 1. The quantitative estimate of drug-likeness (QED) is 0.517. The summed E-state index contributed by atoms with van der Waals surface area (Å²) >= 11 is 7.32. The van der Waals surface area contributed by atoms with Crippen molar-refractivity contribution in [2.75, 3.05) is 18.2 Å². The maximum absolute atomic E-state index is 13.5. The molecule has 1 aromatic rings. The van der Waals surface area contributed by atoms with Crippen LogP contribution in [-0.2, 0) is 9.59 Å². The molecule has 3 saturated carbocycles. The molecule has 7 nitrogen and oxygen atoms in total. The molecule has 0 spiro atoms. The normalized spacial score (nSPS) is 32.6. The minimum atomic E-state index is -0.732. The lowest BCUT2D eigenvalue weighted by molar-refractivity contribution is -0.136. The van der Waals surface area contributed by atoms with E-state index in [-0.39, 0.29) is 35.2 Å². The molecule has 2 amide bonds. The first-order valence-electron chi connectivity index (χ1n) is 10.0. The van der Waals surface area contributed by atoms with E-state index in [0.717, 1.165) is 17.7 Å². The number of carbonyl (C=O) groups is 2. The molecule has 1 aliphatic heterocycles. The largest absolute Gasteiger partial charge is 0.484 e. The summed E-state index contributed by atoms with van der Waals surface area (Å²) < 4.78 is 18.9. The lowest BCUT2D eigenvalue weighted by Gasteiger charge is -2.56. The highest BCUT2D eigenvalue weighted by atomic mass is 35.5. The Morgan fingerprint density at radius 2 is 2.07 bits per heavy atom. The number of benzene rings is 1. The standard InChI is InChI=1S/C20H25ClFN3O4S/c21-13-2-1-12(7-14(13)22)29-9-17(27)24-19-3-5-20(6-4-19,16(26)8-19)25-18(28)15-10-30-11-23-15/h1-2,7,15-16,23,26H,3-6,8-11H2,(H,24,27)(H,25,28). The first-order valence-corrected chi connectivity index (χ1v) is 11.5. The van der Waals surface area contributed by atoms with Gasteiger partial charge in [-0.3, -0.25) is 14.9 Å². The minimum absolute atomic E-state index is 0.0119. The van der Waals surface area contributed by atoms with Gasteiger partial charge in [0.25, 0.3) is 5.91 Å². The van der Waals surface area contributed by atoms with Gasteiger partial charge in [-0.1, -0.05) is 11.6 Å². The van der Waals surface area contributed by atoms with E-state index >= 15 is 0 Å². The number of hydrogen-bond donors (Lipinski definition) is 4. The Balaban J connectivity index is 1.31. The summed E-state index contributed by atoms with van der Waals surface area (Å²) in [5.41, 5.74) is -1.14. The molecule has 1 saturated heterocycles. The van der Waals surface area contributed by atoms with Crippen molar-refractivity contribution in [1.82, 2.24) is 16.0 Å². The van der Waals surface area contributed by atoms with Gasteiger partial charge < -0.3 is 20.5 Å². The molecule has 0 radical (unpaired) electrons. The van der Waals surface area contributed by atoms with Gasteiger partial charge in [0.15, 0.2) is 6.61 Å². The second kappa shape index (κ2) is 8.53. The molecule has 2 unspecified atom stereocenters. The van der Waals surface area contributed by atoms with Gasteiger partial charge in [0.05, 0.1) is 22.7 Å². The number of thioether (sulfide) groups is 1. The van der Waals surface area contributed by atoms with Gasteiger partial charge >= 0.3 is 0 Å². The number of fused-ring (bicyclic) bond motifs is 3. The van der Waals surface area contributed by atoms with Crippen molar-refractivity contribution in [2.45, 2.75) is 55.3 Å². The number of rotatable bonds is 6. The third kappa shape index (κ3) is 4.39. The summed E-state index contributed by atoms with van der Waals surface area (Å²) in [4.78, 5) is 25.0. The van der Waals surface area contributed by atoms with E-state index in [1.807, 2.05) is 0 Å². The molecule has 164 valence electrons. The first-order chi connectivity index (χ1) is 14.3. The van der Waals surface area contributed by atoms with Gasteiger partial charge in [0, 0.05) is 23.2 Å². The van der Waals surface area contributed by atoms with Crippen LogP contribution in [-0.4, -0.2) is 58.4 Å². The maximum atomic E-state index is 13.5. The van der Waals surface area contributed by atoms with Gasteiger partial charge in [-0.15, -0.1) is 11.8 Å². The summed E-state index contributed by atoms with van der Waals surface area (Å²) in [6.07, 6.45) is 2.18. The molecule has 4 aliphatic rings. The van der Waals surface area contributed by atoms with E-state index in [1.54, 1.807) is 11.8 Å². The van der Waals surface area contributed by atoms with E-state index in [4.69, 9.17) is 16.3 Å². The summed E-state index contributed by atoms with van der Waals surface area (Å²) in [7, 11) is 0. The van der Waals surface area contributed by atoms with Gasteiger partial charge in [-0.25, -0.2) is 4.39 Å². The topological polar surface area (TPSA) is 99.7 Å². The highest BCUT2D eigenvalue weighted by molar-refractivity contribution is 7.99. The summed E-state index contributed by atoms with van der Waals surface area (Å²) in [5, 5.41) is 20.0. The fourth-order valence-corrected chi connectivity index (χ4v) is 5.66. The SMILES string of the molecule is O=C(COc1ccc(Cl)c(F)c1)NC12CCC(NC(=O)C3CSCN3)(CC1)C(O)C2. The average molecular weight is 458 g/mol. The summed E-state index contributed by atoms with van der Waals surface area (Å²) in [6.45, 7) is -0.258. The number of halogens is 2. The van der Waals surface area contributed by atoms with Gasteiger partial charge in [-0.05, 0) is 44.2 Å². The van der Waals surface area contributed by atoms with Crippen LogP contribution in [0.3, 0.4) is 0 Å². The highest BCUT2D eigenvalue weighted by Gasteiger charge is 2.55. The van der Waals surface area contributed by atoms with Gasteiger partial charge in [-0.2, -0.15) is 0 Å². The van der Waals surface area contributed by atoms with Crippen molar-refractivity contribution >= 4 is 35.2 Å². The number of ether oxygens (including phenoxy) is 1. The molecular weight excluding hydrogens is 433 g/mol. The predicted octanol–water partition coefficient (Wildman–Crippen LogP) is 1.57. The van der Waals surface area contributed by atoms with Crippen LogP contribution in [0, 0.1) is 5.82 Å². The van der Waals surface area contributed by atoms with Crippen LogP contribution in [0.4, 0.5) is 4.39 Å². The average Bonchev–Trinajstić information content (AvgIpc) is 3.25. The maximum Gasteiger partial charge on any atom is 0.258 e. The van der Waals surface area contributed by atoms with Crippen molar-refractivity contribution in [2.24, 2.45) is 0 Å². The van der Waals surface area contributed by atoms with Crippen LogP contribution in [0.15, 0.2) is 18.2 Å². The minimum Gasteiger partial charge on any atom is -0.484 e. The van der Waals surface area contributed by atoms with Crippen molar-refractivity contribution in [1.29, 1.82) is 0 Å². The second-order valence-electron chi connectivity index (χ2n) is 8.33. The monoisotopic (exact) mass is 457 g/mol. The number of hydrogen-bond acceptors (Lipinski definition) is 6. The summed E-state index contributed by atoms with van der Waals surface area (Å²) in [5.74, 6) is 0.699. The molecule has 5 rings (SSSR count). The Labute approximate surface area is 183 Å². The zero-order valence-electron chi connectivity index (χ0n) is 16.4. The van der Waals surface area contributed by atoms with Crippen molar-refractivity contribution in [3.63, 3.8) is 0 Å². The number of nitrogens with one attached hydrogen (secondary N) is 3. The fraction of sp³-hybridized carbons (Fsp3) is 0.600. The third-order valence-electron chi connectivity index (χ3n) is 6.39. The van der Waals surface area contributed by atoms with E-state index in [9.17, 15) is 19.1 Å². The molecule has 0 aromatic heterocycles. The van der Waals surface area contributed by atoms with Crippen LogP contribution in [0.25, 0.3) is 0 Å². The molecule has 10 heteroatoms. The molecular formula is C20H25ClFN3O4S.